The normalized spacial score (nSPS) is 12.2. The second-order valence-corrected chi connectivity index (χ2v) is 8.76. The summed E-state index contributed by atoms with van der Waals surface area (Å²) in [7, 11) is -3.47. The second-order valence-electron chi connectivity index (χ2n) is 5.60. The number of thiazole rings is 1. The summed E-state index contributed by atoms with van der Waals surface area (Å²) >= 11 is 1.44. The maximum atomic E-state index is 13.1. The summed E-state index contributed by atoms with van der Waals surface area (Å²) in [6, 6.07) is 1.61. The molecule has 0 aromatic carbocycles. The molecule has 0 spiro atoms. The number of hydrogen-bond donors (Lipinski definition) is 1. The van der Waals surface area contributed by atoms with Crippen LogP contribution in [0.1, 0.15) is 37.6 Å². The van der Waals surface area contributed by atoms with E-state index in [9.17, 15) is 9.67 Å². The van der Waals surface area contributed by atoms with Crippen molar-refractivity contribution >= 4 is 24.2 Å². The third kappa shape index (κ3) is 4.16. The van der Waals surface area contributed by atoms with Gasteiger partial charge in [0.25, 0.3) is 0 Å². The first-order chi connectivity index (χ1) is 11.4. The molecule has 0 saturated carbocycles. The maximum absolute atomic E-state index is 13.1. The fraction of sp³-hybridized carbons (Fsp3) is 0.562. The molecule has 0 atom stereocenters. The molecule has 0 aliphatic rings. The molecule has 2 aromatic heterocycles. The molecule has 1 N–H and O–H groups in total. The molecule has 6 nitrogen and oxygen atoms in total. The van der Waals surface area contributed by atoms with Crippen LogP contribution in [0.2, 0.25) is 0 Å². The Labute approximate surface area is 146 Å². The van der Waals surface area contributed by atoms with E-state index < -0.39 is 7.60 Å². The predicted octanol–water partition coefficient (Wildman–Crippen LogP) is 3.99. The van der Waals surface area contributed by atoms with E-state index in [4.69, 9.17) is 13.5 Å². The van der Waals surface area contributed by atoms with Crippen LogP contribution < -0.4 is 5.30 Å². The zero-order valence-corrected chi connectivity index (χ0v) is 16.2. The van der Waals surface area contributed by atoms with Gasteiger partial charge in [0, 0.05) is 4.88 Å². The molecule has 2 heterocycles. The third-order valence-electron chi connectivity index (χ3n) is 3.22. The minimum absolute atomic E-state index is 0.139. The standard InChI is InChI=1S/C16H24NO5PS/c1-5-21-23(19,22-6-2)12-7-8-20-16(12)15-13(9-11(3)4)24-14(10-18)17-15/h7-8,11,18H,5-6,9-10H2,1-4H3. The Morgan fingerprint density at radius 3 is 2.54 bits per heavy atom. The highest BCUT2D eigenvalue weighted by Crippen LogP contribution is 2.50. The van der Waals surface area contributed by atoms with Gasteiger partial charge in [-0.05, 0) is 32.3 Å². The van der Waals surface area contributed by atoms with Gasteiger partial charge >= 0.3 is 7.60 Å². The van der Waals surface area contributed by atoms with Gasteiger partial charge in [0.15, 0.2) is 5.76 Å². The topological polar surface area (TPSA) is 81.8 Å². The van der Waals surface area contributed by atoms with Gasteiger partial charge in [-0.2, -0.15) is 0 Å². The van der Waals surface area contributed by atoms with Gasteiger partial charge in [0.2, 0.25) is 0 Å². The number of aliphatic hydroxyl groups excluding tert-OH is 1. The Bertz CT molecular complexity index is 699. The molecule has 0 unspecified atom stereocenters. The minimum Gasteiger partial charge on any atom is -0.462 e. The van der Waals surface area contributed by atoms with Crippen molar-refractivity contribution in [2.45, 2.75) is 40.7 Å². The summed E-state index contributed by atoms with van der Waals surface area (Å²) in [4.78, 5) is 5.45. The third-order valence-corrected chi connectivity index (χ3v) is 6.42. The largest absolute Gasteiger partial charge is 0.462 e. The van der Waals surface area contributed by atoms with E-state index in [1.165, 1.54) is 17.6 Å². The molecule has 24 heavy (non-hydrogen) atoms. The zero-order valence-electron chi connectivity index (χ0n) is 14.4. The Morgan fingerprint density at radius 2 is 2.00 bits per heavy atom. The first-order valence-corrected chi connectivity index (χ1v) is 10.4. The Hall–Kier alpha value is -0.980. The second kappa shape index (κ2) is 8.41. The van der Waals surface area contributed by atoms with Gasteiger partial charge in [-0.15, -0.1) is 11.3 Å². The van der Waals surface area contributed by atoms with Gasteiger partial charge < -0.3 is 18.6 Å². The van der Waals surface area contributed by atoms with Crippen LogP contribution in [0.5, 0.6) is 0 Å². The molecule has 8 heteroatoms. The van der Waals surface area contributed by atoms with Crippen LogP contribution in [0.15, 0.2) is 16.7 Å². The number of furan rings is 1. The van der Waals surface area contributed by atoms with E-state index in [0.29, 0.717) is 27.7 Å². The summed E-state index contributed by atoms with van der Waals surface area (Å²) in [5, 5.41) is 10.4. The van der Waals surface area contributed by atoms with Crippen LogP contribution >= 0.6 is 18.9 Å². The first-order valence-electron chi connectivity index (χ1n) is 8.02. The zero-order chi connectivity index (χ0) is 17.7. The Kier molecular flexibility index (Phi) is 6.78. The molecule has 2 rings (SSSR count). The smallest absolute Gasteiger partial charge is 0.365 e. The van der Waals surface area contributed by atoms with Crippen LogP contribution in [0.25, 0.3) is 11.5 Å². The minimum atomic E-state index is -3.47. The molecule has 0 amide bonds. The Morgan fingerprint density at radius 1 is 1.33 bits per heavy atom. The number of aromatic nitrogens is 1. The average molecular weight is 373 g/mol. The predicted molar refractivity (Wildman–Crippen MR) is 94.8 cm³/mol. The molecule has 0 radical (unpaired) electrons. The van der Waals surface area contributed by atoms with Gasteiger partial charge in [-0.25, -0.2) is 4.98 Å². The summed E-state index contributed by atoms with van der Waals surface area (Å²) in [6.07, 6.45) is 2.26. The lowest BCUT2D eigenvalue weighted by atomic mass is 10.1. The van der Waals surface area contributed by atoms with Crippen molar-refractivity contribution in [1.82, 2.24) is 4.98 Å². The van der Waals surface area contributed by atoms with Crippen molar-refractivity contribution in [2.75, 3.05) is 13.2 Å². The molecule has 0 fully saturated rings. The molecular weight excluding hydrogens is 349 g/mol. The van der Waals surface area contributed by atoms with Crippen LogP contribution in [-0.4, -0.2) is 23.3 Å². The fourth-order valence-corrected chi connectivity index (χ4v) is 5.19. The van der Waals surface area contributed by atoms with E-state index in [1.54, 1.807) is 19.9 Å². The molecule has 0 aliphatic carbocycles. The van der Waals surface area contributed by atoms with Crippen molar-refractivity contribution in [3.63, 3.8) is 0 Å². The summed E-state index contributed by atoms with van der Waals surface area (Å²) in [5.41, 5.74) is 0.609. The Balaban J connectivity index is 2.53. The van der Waals surface area contributed by atoms with E-state index in [2.05, 4.69) is 18.8 Å². The lowest BCUT2D eigenvalue weighted by Gasteiger charge is -2.16. The van der Waals surface area contributed by atoms with E-state index in [-0.39, 0.29) is 19.8 Å². The van der Waals surface area contributed by atoms with Gasteiger partial charge in [0.1, 0.15) is 16.0 Å². The number of nitrogens with zero attached hydrogens (tertiary/aromatic N) is 1. The van der Waals surface area contributed by atoms with Crippen molar-refractivity contribution in [3.8, 4) is 11.5 Å². The van der Waals surface area contributed by atoms with Crippen molar-refractivity contribution in [1.29, 1.82) is 0 Å². The first kappa shape index (κ1) is 19.3. The molecule has 0 aliphatic heterocycles. The van der Waals surface area contributed by atoms with Crippen LogP contribution in [0.3, 0.4) is 0 Å². The monoisotopic (exact) mass is 373 g/mol. The van der Waals surface area contributed by atoms with Crippen LogP contribution in [0, 0.1) is 5.92 Å². The maximum Gasteiger partial charge on any atom is 0.365 e. The van der Waals surface area contributed by atoms with E-state index >= 15 is 0 Å². The molecular formula is C16H24NO5PS. The van der Waals surface area contributed by atoms with Crippen molar-refractivity contribution in [2.24, 2.45) is 5.92 Å². The van der Waals surface area contributed by atoms with Gasteiger partial charge in [-0.3, -0.25) is 4.57 Å². The summed E-state index contributed by atoms with van der Waals surface area (Å²) in [5.74, 6) is 0.812. The number of hydrogen-bond acceptors (Lipinski definition) is 7. The highest BCUT2D eigenvalue weighted by molar-refractivity contribution is 7.62. The van der Waals surface area contributed by atoms with Gasteiger partial charge in [-0.1, -0.05) is 13.8 Å². The molecule has 0 saturated heterocycles. The summed E-state index contributed by atoms with van der Waals surface area (Å²) < 4.78 is 29.6. The fourth-order valence-electron chi connectivity index (χ4n) is 2.37. The number of aliphatic hydroxyl groups is 1. The SMILES string of the molecule is CCOP(=O)(OCC)c1ccoc1-c1nc(CO)sc1CC(C)C. The summed E-state index contributed by atoms with van der Waals surface area (Å²) in [6.45, 7) is 8.14. The lowest BCUT2D eigenvalue weighted by Crippen LogP contribution is -2.11. The van der Waals surface area contributed by atoms with Gasteiger partial charge in [0.05, 0.1) is 26.1 Å². The molecule has 2 aromatic rings. The number of rotatable bonds is 9. The molecule has 134 valence electrons. The van der Waals surface area contributed by atoms with Crippen molar-refractivity contribution < 1.29 is 23.1 Å². The lowest BCUT2D eigenvalue weighted by molar-refractivity contribution is 0.230. The highest BCUT2D eigenvalue weighted by atomic mass is 32.1. The molecule has 0 bridgehead atoms. The van der Waals surface area contributed by atoms with Crippen LogP contribution in [0.4, 0.5) is 0 Å². The average Bonchev–Trinajstić information content (AvgIpc) is 3.13. The van der Waals surface area contributed by atoms with Crippen LogP contribution in [-0.2, 0) is 26.6 Å². The van der Waals surface area contributed by atoms with Crippen molar-refractivity contribution in [3.05, 3.63) is 22.2 Å². The van der Waals surface area contributed by atoms with E-state index in [1.807, 2.05) is 0 Å². The quantitative estimate of drug-likeness (QED) is 0.670. The van der Waals surface area contributed by atoms with E-state index in [0.717, 1.165) is 11.3 Å². The highest BCUT2D eigenvalue weighted by Gasteiger charge is 2.34.